The molecular formula is C12H19N3. The highest BCUT2D eigenvalue weighted by Gasteiger charge is 1.97. The molecule has 1 N–H and O–H groups in total. The predicted octanol–water partition coefficient (Wildman–Crippen LogP) is 3.11. The zero-order valence-corrected chi connectivity index (χ0v) is 9.70. The van der Waals surface area contributed by atoms with Gasteiger partial charge >= 0.3 is 0 Å². The Morgan fingerprint density at radius 1 is 1.47 bits per heavy atom. The van der Waals surface area contributed by atoms with Gasteiger partial charge in [0, 0.05) is 12.2 Å². The van der Waals surface area contributed by atoms with E-state index in [1.165, 1.54) is 0 Å². The smallest absolute Gasteiger partial charge is 0.153 e. The zero-order valence-electron chi connectivity index (χ0n) is 9.70. The number of unbranched alkanes of at least 4 members (excludes halogenated alkanes) is 1. The summed E-state index contributed by atoms with van der Waals surface area (Å²) in [6.07, 6.45) is 8.08. The number of rotatable bonds is 5. The van der Waals surface area contributed by atoms with Gasteiger partial charge in [0.2, 0.25) is 0 Å². The molecule has 3 nitrogen and oxygen atoms in total. The van der Waals surface area contributed by atoms with Crippen LogP contribution in [-0.2, 0) is 0 Å². The van der Waals surface area contributed by atoms with Crippen molar-refractivity contribution < 1.29 is 0 Å². The minimum absolute atomic E-state index is 0.396. The average Bonchev–Trinajstić information content (AvgIpc) is 2.18. The van der Waals surface area contributed by atoms with E-state index in [9.17, 15) is 0 Å². The Morgan fingerprint density at radius 2 is 2.27 bits per heavy atom. The molecule has 0 aliphatic heterocycles. The summed E-state index contributed by atoms with van der Waals surface area (Å²) < 4.78 is 0. The van der Waals surface area contributed by atoms with Crippen LogP contribution in [0.1, 0.15) is 39.4 Å². The number of hydrogen-bond donors (Lipinski definition) is 1. The van der Waals surface area contributed by atoms with Crippen LogP contribution in [0, 0.1) is 0 Å². The molecule has 1 aromatic rings. The normalized spacial score (nSPS) is 11.2. The summed E-state index contributed by atoms with van der Waals surface area (Å²) in [5.74, 6) is 1.66. The van der Waals surface area contributed by atoms with Crippen LogP contribution in [0.3, 0.4) is 0 Å². The minimum atomic E-state index is 0.396. The zero-order chi connectivity index (χ0) is 11.1. The summed E-state index contributed by atoms with van der Waals surface area (Å²) in [6.45, 7) is 6.34. The monoisotopic (exact) mass is 205 g/mol. The van der Waals surface area contributed by atoms with Crippen LogP contribution >= 0.6 is 0 Å². The molecule has 0 bridgehead atoms. The molecule has 3 heteroatoms. The summed E-state index contributed by atoms with van der Waals surface area (Å²) >= 11 is 0. The van der Waals surface area contributed by atoms with Crippen LogP contribution in [0.25, 0.3) is 6.08 Å². The van der Waals surface area contributed by atoms with Crippen LogP contribution in [0.5, 0.6) is 0 Å². The second-order valence-corrected chi connectivity index (χ2v) is 3.79. The maximum absolute atomic E-state index is 4.38. The molecule has 15 heavy (non-hydrogen) atoms. The molecule has 0 aromatic carbocycles. The Bertz CT molecular complexity index is 318. The van der Waals surface area contributed by atoms with E-state index in [-0.39, 0.29) is 0 Å². The maximum atomic E-state index is 4.38. The van der Waals surface area contributed by atoms with Crippen molar-refractivity contribution in [2.45, 2.75) is 39.7 Å². The molecule has 0 saturated carbocycles. The fourth-order valence-corrected chi connectivity index (χ4v) is 1.19. The second-order valence-electron chi connectivity index (χ2n) is 3.79. The van der Waals surface area contributed by atoms with Gasteiger partial charge in [-0.2, -0.15) is 0 Å². The highest BCUT2D eigenvalue weighted by atomic mass is 15.0. The lowest BCUT2D eigenvalue weighted by Gasteiger charge is -2.08. The average molecular weight is 205 g/mol. The largest absolute Gasteiger partial charge is 0.368 e. The van der Waals surface area contributed by atoms with Crippen LogP contribution < -0.4 is 5.32 Å². The maximum Gasteiger partial charge on any atom is 0.153 e. The van der Waals surface area contributed by atoms with Crippen LogP contribution in [0.15, 0.2) is 18.3 Å². The molecule has 82 valence electrons. The lowest BCUT2D eigenvalue weighted by Crippen LogP contribution is -2.11. The Morgan fingerprint density at radius 3 is 2.93 bits per heavy atom. The first-order valence-corrected chi connectivity index (χ1v) is 5.48. The van der Waals surface area contributed by atoms with Gasteiger partial charge in [0.15, 0.2) is 5.82 Å². The first kappa shape index (κ1) is 11.7. The second kappa shape index (κ2) is 6.17. The number of aromatic nitrogens is 2. The molecule has 1 heterocycles. The Hall–Kier alpha value is -1.38. The van der Waals surface area contributed by atoms with Gasteiger partial charge in [-0.15, -0.1) is 0 Å². The van der Waals surface area contributed by atoms with E-state index < -0.39 is 0 Å². The fourth-order valence-electron chi connectivity index (χ4n) is 1.19. The third-order valence-corrected chi connectivity index (χ3v) is 1.83. The first-order chi connectivity index (χ1) is 7.22. The lowest BCUT2D eigenvalue weighted by atomic mass is 10.3. The van der Waals surface area contributed by atoms with Crippen molar-refractivity contribution in [1.29, 1.82) is 0 Å². The van der Waals surface area contributed by atoms with Crippen molar-refractivity contribution in [2.24, 2.45) is 0 Å². The topological polar surface area (TPSA) is 37.8 Å². The van der Waals surface area contributed by atoms with E-state index in [0.29, 0.717) is 6.04 Å². The molecular weight excluding hydrogens is 186 g/mol. The standard InChI is InChI=1S/C12H19N3/c1-4-5-6-7-11-13-9-8-12(15-11)14-10(2)3/h6-10H,4-5H2,1-3H3,(H,13,14,15)/b7-6+. The van der Waals surface area contributed by atoms with Crippen molar-refractivity contribution in [3.63, 3.8) is 0 Å². The van der Waals surface area contributed by atoms with Gasteiger partial charge in [-0.1, -0.05) is 19.4 Å². The lowest BCUT2D eigenvalue weighted by molar-refractivity contribution is 0.884. The van der Waals surface area contributed by atoms with E-state index in [4.69, 9.17) is 0 Å². The summed E-state index contributed by atoms with van der Waals surface area (Å²) in [5.41, 5.74) is 0. The van der Waals surface area contributed by atoms with E-state index >= 15 is 0 Å². The molecule has 0 radical (unpaired) electrons. The molecule has 0 amide bonds. The number of nitrogens with zero attached hydrogens (tertiary/aromatic N) is 2. The van der Waals surface area contributed by atoms with Crippen molar-refractivity contribution in [1.82, 2.24) is 9.97 Å². The van der Waals surface area contributed by atoms with Gasteiger partial charge in [-0.25, -0.2) is 9.97 Å². The molecule has 0 spiro atoms. The quantitative estimate of drug-likeness (QED) is 0.802. The van der Waals surface area contributed by atoms with E-state index in [2.05, 4.69) is 42.1 Å². The molecule has 0 saturated heterocycles. The molecule has 0 fully saturated rings. The van der Waals surface area contributed by atoms with Crippen LogP contribution in [0.2, 0.25) is 0 Å². The highest BCUT2D eigenvalue weighted by Crippen LogP contribution is 2.05. The Balaban J connectivity index is 2.65. The van der Waals surface area contributed by atoms with Gasteiger partial charge in [0.25, 0.3) is 0 Å². The third kappa shape index (κ3) is 4.58. The van der Waals surface area contributed by atoms with Crippen molar-refractivity contribution >= 4 is 11.9 Å². The molecule has 0 aliphatic carbocycles. The fraction of sp³-hybridized carbons (Fsp3) is 0.500. The van der Waals surface area contributed by atoms with E-state index in [0.717, 1.165) is 24.5 Å². The molecule has 0 unspecified atom stereocenters. The summed E-state index contributed by atoms with van der Waals surface area (Å²) in [6, 6.07) is 2.28. The molecule has 1 aromatic heterocycles. The number of hydrogen-bond acceptors (Lipinski definition) is 3. The summed E-state index contributed by atoms with van der Waals surface area (Å²) in [7, 11) is 0. The number of nitrogens with one attached hydrogen (secondary N) is 1. The van der Waals surface area contributed by atoms with Crippen molar-refractivity contribution in [2.75, 3.05) is 5.32 Å². The SMILES string of the molecule is CCC/C=C/c1nccc(NC(C)C)n1. The van der Waals surface area contributed by atoms with Crippen molar-refractivity contribution in [3.05, 3.63) is 24.2 Å². The van der Waals surface area contributed by atoms with Crippen molar-refractivity contribution in [3.8, 4) is 0 Å². The number of anilines is 1. The molecule has 0 aliphatic rings. The first-order valence-electron chi connectivity index (χ1n) is 5.48. The summed E-state index contributed by atoms with van der Waals surface area (Å²) in [5, 5.41) is 3.25. The van der Waals surface area contributed by atoms with Crippen LogP contribution in [-0.4, -0.2) is 16.0 Å². The third-order valence-electron chi connectivity index (χ3n) is 1.83. The molecule has 0 atom stereocenters. The van der Waals surface area contributed by atoms with Crippen LogP contribution in [0.4, 0.5) is 5.82 Å². The van der Waals surface area contributed by atoms with E-state index in [1.54, 1.807) is 6.20 Å². The van der Waals surface area contributed by atoms with Gasteiger partial charge in [0.1, 0.15) is 5.82 Å². The van der Waals surface area contributed by atoms with Gasteiger partial charge in [0.05, 0.1) is 0 Å². The highest BCUT2D eigenvalue weighted by molar-refractivity contribution is 5.44. The Labute approximate surface area is 91.7 Å². The number of allylic oxidation sites excluding steroid dienone is 1. The predicted molar refractivity (Wildman–Crippen MR) is 64.7 cm³/mol. The van der Waals surface area contributed by atoms with Gasteiger partial charge < -0.3 is 5.32 Å². The van der Waals surface area contributed by atoms with Gasteiger partial charge in [-0.05, 0) is 32.4 Å². The van der Waals surface area contributed by atoms with Gasteiger partial charge in [-0.3, -0.25) is 0 Å². The molecule has 1 rings (SSSR count). The summed E-state index contributed by atoms with van der Waals surface area (Å²) in [4.78, 5) is 8.56. The van der Waals surface area contributed by atoms with E-state index in [1.807, 2.05) is 12.1 Å². The minimum Gasteiger partial charge on any atom is -0.368 e. The Kier molecular flexibility index (Phi) is 4.81.